The van der Waals surface area contributed by atoms with Crippen LogP contribution in [-0.2, 0) is 65.4 Å². The molecule has 0 saturated carbocycles. The second kappa shape index (κ2) is 62.6. The van der Waals surface area contributed by atoms with Crippen molar-refractivity contribution in [3.8, 4) is 0 Å². The van der Waals surface area contributed by atoms with Crippen LogP contribution in [0.4, 0.5) is 0 Å². The lowest BCUT2D eigenvalue weighted by Gasteiger charge is -2.21. The fraction of sp³-hybridized carbons (Fsp3) is 0.945. The molecule has 0 amide bonds. The van der Waals surface area contributed by atoms with Gasteiger partial charge in [-0.3, -0.25) is 37.3 Å². The molecule has 0 aromatic rings. The van der Waals surface area contributed by atoms with Gasteiger partial charge in [-0.05, 0) is 49.4 Å². The number of hydrogen-bond acceptors (Lipinski definition) is 15. The molecule has 0 aromatic heterocycles. The molecular formula is C73H142O17P2. The minimum absolute atomic E-state index is 0.105. The Morgan fingerprint density at radius 2 is 0.457 bits per heavy atom. The zero-order chi connectivity index (χ0) is 68.2. The summed E-state index contributed by atoms with van der Waals surface area (Å²) in [5.41, 5.74) is 0. The highest BCUT2D eigenvalue weighted by molar-refractivity contribution is 7.47. The largest absolute Gasteiger partial charge is 0.472 e. The molecule has 0 aliphatic carbocycles. The van der Waals surface area contributed by atoms with Gasteiger partial charge in [0.15, 0.2) is 12.2 Å². The smallest absolute Gasteiger partial charge is 0.462 e. The van der Waals surface area contributed by atoms with E-state index in [1.165, 1.54) is 161 Å². The van der Waals surface area contributed by atoms with Gasteiger partial charge in [-0.15, -0.1) is 0 Å². The van der Waals surface area contributed by atoms with Crippen LogP contribution in [0, 0.1) is 23.7 Å². The fourth-order valence-electron chi connectivity index (χ4n) is 11.0. The van der Waals surface area contributed by atoms with Crippen LogP contribution in [0.1, 0.15) is 364 Å². The normalized spacial score (nSPS) is 14.2. The van der Waals surface area contributed by atoms with Crippen LogP contribution in [0.25, 0.3) is 0 Å². The summed E-state index contributed by atoms with van der Waals surface area (Å²) in [5.74, 6) is 0.870. The molecule has 19 heteroatoms. The van der Waals surface area contributed by atoms with Gasteiger partial charge >= 0.3 is 39.5 Å². The van der Waals surface area contributed by atoms with Crippen LogP contribution in [-0.4, -0.2) is 96.7 Å². The Morgan fingerprint density at radius 1 is 0.272 bits per heavy atom. The van der Waals surface area contributed by atoms with Crippen molar-refractivity contribution in [2.24, 2.45) is 23.7 Å². The quantitative estimate of drug-likeness (QED) is 0.0222. The van der Waals surface area contributed by atoms with E-state index in [0.717, 1.165) is 114 Å². The molecule has 17 nitrogen and oxygen atoms in total. The third-order valence-electron chi connectivity index (χ3n) is 16.8. The average Bonchev–Trinajstić information content (AvgIpc) is 2.09. The topological polar surface area (TPSA) is 237 Å². The number of esters is 4. The lowest BCUT2D eigenvalue weighted by Crippen LogP contribution is -2.30. The number of unbranched alkanes of at least 4 members (excludes halogenated alkanes) is 36. The summed E-state index contributed by atoms with van der Waals surface area (Å²) in [6.45, 7) is 14.1. The molecule has 92 heavy (non-hydrogen) atoms. The Hall–Kier alpha value is -1.94. The van der Waals surface area contributed by atoms with Gasteiger partial charge in [0.1, 0.15) is 19.3 Å². The van der Waals surface area contributed by atoms with Gasteiger partial charge < -0.3 is 33.8 Å². The second-order valence-electron chi connectivity index (χ2n) is 28.2. The van der Waals surface area contributed by atoms with E-state index in [1.807, 2.05) is 0 Å². The van der Waals surface area contributed by atoms with Gasteiger partial charge in [0.2, 0.25) is 0 Å². The molecule has 0 saturated heterocycles. The molecule has 0 bridgehead atoms. The number of aliphatic hydroxyl groups is 1. The average molecular weight is 1350 g/mol. The predicted octanol–water partition coefficient (Wildman–Crippen LogP) is 20.9. The summed E-state index contributed by atoms with van der Waals surface area (Å²) in [6.07, 6.45) is 45.9. The highest BCUT2D eigenvalue weighted by Crippen LogP contribution is 2.45. The number of phosphoric ester groups is 2. The summed E-state index contributed by atoms with van der Waals surface area (Å²) >= 11 is 0. The summed E-state index contributed by atoms with van der Waals surface area (Å²) < 4.78 is 68.4. The standard InChI is InChI=1S/C73H142O17P2/c1-63(2)49-41-33-25-18-13-11-9-10-12-14-21-30-39-47-55-72(77)90-69(60-84-71(76)54-46-38-32-24-28-36-44-52-66(7)8)62-88-92(81,82)86-58-67(74)57-85-91(79,80)87-61-68(59-83-70(75)53-45-37-29-23-17-20-27-35-43-51-65(5)6)89-73(78)56-48-40-31-22-16-15-19-26-34-42-50-64(3)4/h63-69,74H,9-62H2,1-8H3,(H,79,80)(H,81,82)/t67?,68-,69-/m1/s1. The van der Waals surface area contributed by atoms with Crippen LogP contribution in [0.2, 0.25) is 0 Å². The first-order chi connectivity index (χ1) is 44.1. The maximum Gasteiger partial charge on any atom is 0.472 e. The number of carbonyl (C=O) groups is 4. The van der Waals surface area contributed by atoms with Crippen molar-refractivity contribution in [3.63, 3.8) is 0 Å². The van der Waals surface area contributed by atoms with Crippen LogP contribution in [0.3, 0.4) is 0 Å². The summed E-state index contributed by atoms with van der Waals surface area (Å²) in [5, 5.41) is 10.6. The Bertz CT molecular complexity index is 1820. The molecule has 0 aromatic carbocycles. The number of hydrogen-bond donors (Lipinski definition) is 3. The van der Waals surface area contributed by atoms with Crippen molar-refractivity contribution < 1.29 is 80.2 Å². The second-order valence-corrected chi connectivity index (χ2v) is 31.1. The maximum atomic E-state index is 13.0. The zero-order valence-electron chi connectivity index (χ0n) is 60.2. The Morgan fingerprint density at radius 3 is 0.674 bits per heavy atom. The minimum Gasteiger partial charge on any atom is -0.462 e. The van der Waals surface area contributed by atoms with E-state index in [1.54, 1.807) is 0 Å². The van der Waals surface area contributed by atoms with E-state index in [2.05, 4.69) is 55.4 Å². The molecular weight excluding hydrogens is 1210 g/mol. The Kier molecular flexibility index (Phi) is 61.3. The summed E-state index contributed by atoms with van der Waals surface area (Å²) in [7, 11) is -9.91. The van der Waals surface area contributed by atoms with E-state index in [4.69, 9.17) is 37.0 Å². The van der Waals surface area contributed by atoms with E-state index >= 15 is 0 Å². The van der Waals surface area contributed by atoms with E-state index in [-0.39, 0.29) is 25.7 Å². The van der Waals surface area contributed by atoms with Crippen LogP contribution in [0.15, 0.2) is 0 Å². The van der Waals surface area contributed by atoms with E-state index in [9.17, 15) is 43.2 Å². The summed E-state index contributed by atoms with van der Waals surface area (Å²) in [4.78, 5) is 72.7. The lowest BCUT2D eigenvalue weighted by atomic mass is 10.0. The molecule has 0 radical (unpaired) electrons. The molecule has 0 heterocycles. The zero-order valence-corrected chi connectivity index (χ0v) is 62.0. The van der Waals surface area contributed by atoms with Gasteiger partial charge in [-0.1, -0.05) is 312 Å². The number of aliphatic hydroxyl groups excluding tert-OH is 1. The number of rotatable bonds is 70. The Labute approximate surface area is 562 Å². The van der Waals surface area contributed by atoms with Gasteiger partial charge in [-0.2, -0.15) is 0 Å². The van der Waals surface area contributed by atoms with Gasteiger partial charge in [-0.25, -0.2) is 9.13 Å². The molecule has 3 unspecified atom stereocenters. The van der Waals surface area contributed by atoms with Gasteiger partial charge in [0, 0.05) is 25.7 Å². The minimum atomic E-state index is -4.95. The van der Waals surface area contributed by atoms with Gasteiger partial charge in [0.05, 0.1) is 26.4 Å². The van der Waals surface area contributed by atoms with Gasteiger partial charge in [0.25, 0.3) is 0 Å². The first-order valence-corrected chi connectivity index (χ1v) is 40.7. The molecule has 546 valence electrons. The molecule has 0 aliphatic rings. The molecule has 3 N–H and O–H groups in total. The van der Waals surface area contributed by atoms with E-state index < -0.39 is 97.5 Å². The van der Waals surface area contributed by atoms with Crippen LogP contribution >= 0.6 is 15.6 Å². The van der Waals surface area contributed by atoms with Crippen LogP contribution < -0.4 is 0 Å². The van der Waals surface area contributed by atoms with Crippen molar-refractivity contribution in [1.29, 1.82) is 0 Å². The molecule has 0 spiro atoms. The third kappa shape index (κ3) is 66.7. The maximum absolute atomic E-state index is 13.0. The highest BCUT2D eigenvalue weighted by Gasteiger charge is 2.30. The van der Waals surface area contributed by atoms with Crippen molar-refractivity contribution in [1.82, 2.24) is 0 Å². The number of carbonyl (C=O) groups excluding carboxylic acids is 4. The monoisotopic (exact) mass is 1350 g/mol. The molecule has 0 rings (SSSR count). The summed E-state index contributed by atoms with van der Waals surface area (Å²) in [6, 6.07) is 0. The van der Waals surface area contributed by atoms with E-state index in [0.29, 0.717) is 31.6 Å². The number of phosphoric acid groups is 2. The van der Waals surface area contributed by atoms with Crippen molar-refractivity contribution in [2.45, 2.75) is 382 Å². The lowest BCUT2D eigenvalue weighted by molar-refractivity contribution is -0.161. The van der Waals surface area contributed by atoms with Crippen molar-refractivity contribution >= 4 is 39.5 Å². The first kappa shape index (κ1) is 90.1. The Balaban J connectivity index is 5.24. The molecule has 5 atom stereocenters. The fourth-order valence-corrected chi connectivity index (χ4v) is 12.6. The predicted molar refractivity (Wildman–Crippen MR) is 372 cm³/mol. The van der Waals surface area contributed by atoms with Crippen molar-refractivity contribution in [3.05, 3.63) is 0 Å². The van der Waals surface area contributed by atoms with Crippen LogP contribution in [0.5, 0.6) is 0 Å². The first-order valence-electron chi connectivity index (χ1n) is 37.7. The highest BCUT2D eigenvalue weighted by atomic mass is 31.2. The SMILES string of the molecule is CC(C)CCCCCCCCCCCCCCCCC(=O)O[C@H](COC(=O)CCCCCCCCCC(C)C)COP(=O)(O)OCC(O)COP(=O)(O)OC[C@@H](COC(=O)CCCCCCCCCCCC(C)C)OC(=O)CCCCCCCCCCCCC(C)C. The molecule has 0 fully saturated rings. The van der Waals surface area contributed by atoms with Crippen molar-refractivity contribution in [2.75, 3.05) is 39.6 Å². The number of ether oxygens (including phenoxy) is 4. The third-order valence-corrected chi connectivity index (χ3v) is 18.7. The molecule has 0 aliphatic heterocycles.